The SMILES string of the molecule is COCCCN(CCC(=O)NCc1ccccc1F)C(C)=O. The van der Waals surface area contributed by atoms with Crippen molar-refractivity contribution >= 4 is 11.8 Å². The zero-order valence-corrected chi connectivity index (χ0v) is 13.1. The maximum absolute atomic E-state index is 13.4. The molecular formula is C16H23FN2O3. The number of ether oxygens (including phenoxy) is 1. The van der Waals surface area contributed by atoms with Crippen molar-refractivity contribution in [2.75, 3.05) is 26.8 Å². The van der Waals surface area contributed by atoms with Crippen molar-refractivity contribution in [1.29, 1.82) is 0 Å². The second kappa shape index (κ2) is 9.89. The van der Waals surface area contributed by atoms with Gasteiger partial charge in [0.25, 0.3) is 0 Å². The van der Waals surface area contributed by atoms with Gasteiger partial charge in [-0.05, 0) is 12.5 Å². The lowest BCUT2D eigenvalue weighted by atomic mass is 10.2. The van der Waals surface area contributed by atoms with Crippen LogP contribution in [0.3, 0.4) is 0 Å². The topological polar surface area (TPSA) is 58.6 Å². The molecule has 0 aliphatic rings. The summed E-state index contributed by atoms with van der Waals surface area (Å²) in [6, 6.07) is 6.31. The van der Waals surface area contributed by atoms with Gasteiger partial charge in [0.05, 0.1) is 0 Å². The molecule has 1 N–H and O–H groups in total. The Balaban J connectivity index is 2.34. The normalized spacial score (nSPS) is 10.3. The van der Waals surface area contributed by atoms with Crippen LogP contribution in [0.15, 0.2) is 24.3 Å². The Bertz CT molecular complexity index is 494. The summed E-state index contributed by atoms with van der Waals surface area (Å²) in [5, 5.41) is 2.66. The molecule has 0 aliphatic carbocycles. The van der Waals surface area contributed by atoms with Crippen LogP contribution in [0.4, 0.5) is 4.39 Å². The summed E-state index contributed by atoms with van der Waals surface area (Å²) in [5.41, 5.74) is 0.444. The predicted octanol–water partition coefficient (Wildman–Crippen LogP) is 1.72. The lowest BCUT2D eigenvalue weighted by Crippen LogP contribution is -2.34. The highest BCUT2D eigenvalue weighted by molar-refractivity contribution is 5.78. The van der Waals surface area contributed by atoms with Crippen LogP contribution in [0.1, 0.15) is 25.3 Å². The molecule has 0 heterocycles. The van der Waals surface area contributed by atoms with Crippen LogP contribution in [-0.2, 0) is 20.9 Å². The van der Waals surface area contributed by atoms with Crippen LogP contribution in [0.5, 0.6) is 0 Å². The van der Waals surface area contributed by atoms with Gasteiger partial charge in [0.15, 0.2) is 0 Å². The Morgan fingerprint density at radius 1 is 1.27 bits per heavy atom. The lowest BCUT2D eigenvalue weighted by molar-refractivity contribution is -0.129. The number of hydrogen-bond acceptors (Lipinski definition) is 3. The van der Waals surface area contributed by atoms with Crippen molar-refractivity contribution in [1.82, 2.24) is 10.2 Å². The van der Waals surface area contributed by atoms with E-state index in [2.05, 4.69) is 5.32 Å². The van der Waals surface area contributed by atoms with E-state index >= 15 is 0 Å². The van der Waals surface area contributed by atoms with Crippen molar-refractivity contribution in [3.63, 3.8) is 0 Å². The number of hydrogen-bond donors (Lipinski definition) is 1. The maximum Gasteiger partial charge on any atom is 0.222 e. The van der Waals surface area contributed by atoms with Crippen molar-refractivity contribution in [2.24, 2.45) is 0 Å². The first-order valence-corrected chi connectivity index (χ1v) is 7.29. The van der Waals surface area contributed by atoms with Crippen molar-refractivity contribution < 1.29 is 18.7 Å². The number of benzene rings is 1. The molecule has 1 aromatic carbocycles. The predicted molar refractivity (Wildman–Crippen MR) is 81.6 cm³/mol. The molecule has 0 unspecified atom stereocenters. The van der Waals surface area contributed by atoms with Crippen LogP contribution >= 0.6 is 0 Å². The van der Waals surface area contributed by atoms with E-state index < -0.39 is 0 Å². The van der Waals surface area contributed by atoms with E-state index in [0.29, 0.717) is 25.3 Å². The number of nitrogens with zero attached hydrogens (tertiary/aromatic N) is 1. The molecule has 0 saturated carbocycles. The number of carbonyl (C=O) groups is 2. The van der Waals surface area contributed by atoms with Crippen LogP contribution in [0.2, 0.25) is 0 Å². The smallest absolute Gasteiger partial charge is 0.222 e. The van der Waals surface area contributed by atoms with Gasteiger partial charge in [-0.15, -0.1) is 0 Å². The van der Waals surface area contributed by atoms with E-state index in [4.69, 9.17) is 4.74 Å². The second-order valence-electron chi connectivity index (χ2n) is 4.97. The van der Waals surface area contributed by atoms with Gasteiger partial charge in [0, 0.05) is 52.3 Å². The third kappa shape index (κ3) is 6.67. The summed E-state index contributed by atoms with van der Waals surface area (Å²) in [6.07, 6.45) is 0.925. The van der Waals surface area contributed by atoms with E-state index in [1.54, 1.807) is 30.2 Å². The summed E-state index contributed by atoms with van der Waals surface area (Å²) in [6.45, 7) is 3.11. The highest BCUT2D eigenvalue weighted by Crippen LogP contribution is 2.05. The van der Waals surface area contributed by atoms with E-state index in [0.717, 1.165) is 6.42 Å². The molecule has 1 rings (SSSR count). The van der Waals surface area contributed by atoms with Crippen molar-refractivity contribution in [3.8, 4) is 0 Å². The molecule has 0 fully saturated rings. The molecule has 6 heteroatoms. The second-order valence-corrected chi connectivity index (χ2v) is 4.97. The van der Waals surface area contributed by atoms with Gasteiger partial charge in [0.2, 0.25) is 11.8 Å². The Kier molecular flexibility index (Phi) is 8.14. The summed E-state index contributed by atoms with van der Waals surface area (Å²) in [5.74, 6) is -0.619. The molecule has 0 spiro atoms. The lowest BCUT2D eigenvalue weighted by Gasteiger charge is -2.20. The van der Waals surface area contributed by atoms with Gasteiger partial charge in [-0.2, -0.15) is 0 Å². The molecule has 122 valence electrons. The van der Waals surface area contributed by atoms with Gasteiger partial charge in [-0.25, -0.2) is 4.39 Å². The zero-order valence-electron chi connectivity index (χ0n) is 13.1. The first-order chi connectivity index (χ1) is 10.5. The van der Waals surface area contributed by atoms with E-state index in [1.165, 1.54) is 13.0 Å². The van der Waals surface area contributed by atoms with Crippen LogP contribution in [-0.4, -0.2) is 43.5 Å². The number of carbonyl (C=O) groups excluding carboxylic acids is 2. The fourth-order valence-corrected chi connectivity index (χ4v) is 1.99. The zero-order chi connectivity index (χ0) is 16.4. The third-order valence-electron chi connectivity index (χ3n) is 3.26. The van der Waals surface area contributed by atoms with Gasteiger partial charge >= 0.3 is 0 Å². The molecule has 1 aromatic rings. The van der Waals surface area contributed by atoms with Crippen molar-refractivity contribution in [3.05, 3.63) is 35.6 Å². The molecule has 0 radical (unpaired) electrons. The molecule has 0 aromatic heterocycles. The first-order valence-electron chi connectivity index (χ1n) is 7.29. The van der Waals surface area contributed by atoms with E-state index in [9.17, 15) is 14.0 Å². The minimum Gasteiger partial charge on any atom is -0.385 e. The van der Waals surface area contributed by atoms with E-state index in [-0.39, 0.29) is 30.6 Å². The van der Waals surface area contributed by atoms with Crippen LogP contribution in [0, 0.1) is 5.82 Å². The van der Waals surface area contributed by atoms with Gasteiger partial charge in [-0.3, -0.25) is 9.59 Å². The maximum atomic E-state index is 13.4. The minimum atomic E-state index is -0.340. The largest absolute Gasteiger partial charge is 0.385 e. The minimum absolute atomic E-state index is 0.0713. The average Bonchev–Trinajstić information content (AvgIpc) is 2.49. The average molecular weight is 310 g/mol. The van der Waals surface area contributed by atoms with Gasteiger partial charge < -0.3 is 15.0 Å². The molecule has 0 aliphatic heterocycles. The molecule has 2 amide bonds. The Labute approximate surface area is 130 Å². The number of methoxy groups -OCH3 is 1. The highest BCUT2D eigenvalue weighted by atomic mass is 19.1. The summed E-state index contributed by atoms with van der Waals surface area (Å²) >= 11 is 0. The Morgan fingerprint density at radius 2 is 2.00 bits per heavy atom. The number of amides is 2. The highest BCUT2D eigenvalue weighted by Gasteiger charge is 2.11. The molecule has 0 bridgehead atoms. The Hall–Kier alpha value is -1.95. The third-order valence-corrected chi connectivity index (χ3v) is 3.26. The van der Waals surface area contributed by atoms with Crippen LogP contribution < -0.4 is 5.32 Å². The number of nitrogens with one attached hydrogen (secondary N) is 1. The van der Waals surface area contributed by atoms with Crippen LogP contribution in [0.25, 0.3) is 0 Å². The monoisotopic (exact) mass is 310 g/mol. The number of rotatable bonds is 9. The van der Waals surface area contributed by atoms with E-state index in [1.807, 2.05) is 0 Å². The summed E-state index contributed by atoms with van der Waals surface area (Å²) in [7, 11) is 1.61. The molecule has 22 heavy (non-hydrogen) atoms. The molecule has 0 atom stereocenters. The Morgan fingerprint density at radius 3 is 2.64 bits per heavy atom. The molecule has 5 nitrogen and oxygen atoms in total. The summed E-state index contributed by atoms with van der Waals surface area (Å²) in [4.78, 5) is 24.9. The molecule has 0 saturated heterocycles. The van der Waals surface area contributed by atoms with Gasteiger partial charge in [0.1, 0.15) is 5.82 Å². The standard InChI is InChI=1S/C16H23FN2O3/c1-13(20)19(9-5-11-22-2)10-8-16(21)18-12-14-6-3-4-7-15(14)17/h3-4,6-7H,5,8-12H2,1-2H3,(H,18,21). The quantitative estimate of drug-likeness (QED) is 0.707. The first kappa shape index (κ1) is 18.1. The molecular weight excluding hydrogens is 287 g/mol. The van der Waals surface area contributed by atoms with Gasteiger partial charge in [-0.1, -0.05) is 18.2 Å². The fraction of sp³-hybridized carbons (Fsp3) is 0.500. The number of halogens is 1. The fourth-order valence-electron chi connectivity index (χ4n) is 1.99. The van der Waals surface area contributed by atoms with Crippen molar-refractivity contribution in [2.45, 2.75) is 26.3 Å². The summed E-state index contributed by atoms with van der Waals surface area (Å²) < 4.78 is 18.4.